The van der Waals surface area contributed by atoms with Crippen molar-refractivity contribution in [2.24, 2.45) is 0 Å². The number of piperidine rings is 1. The first-order chi connectivity index (χ1) is 18.2. The Morgan fingerprint density at radius 2 is 1.66 bits per heavy atom. The van der Waals surface area contributed by atoms with Crippen LogP contribution < -0.4 is 14.8 Å². The molecule has 4 rings (SSSR count). The van der Waals surface area contributed by atoms with Crippen LogP contribution in [0.2, 0.25) is 0 Å². The molecule has 38 heavy (non-hydrogen) atoms. The fourth-order valence-electron chi connectivity index (χ4n) is 4.18. The molecule has 200 valence electrons. The fourth-order valence-corrected chi connectivity index (χ4v) is 4.18. The summed E-state index contributed by atoms with van der Waals surface area (Å²) in [5, 5.41) is 2.86. The van der Waals surface area contributed by atoms with Crippen molar-refractivity contribution in [3.05, 3.63) is 78.4 Å². The summed E-state index contributed by atoms with van der Waals surface area (Å²) in [5.41, 5.74) is 2.01. The summed E-state index contributed by atoms with van der Waals surface area (Å²) in [7, 11) is 0. The lowest BCUT2D eigenvalue weighted by Gasteiger charge is -2.31. The van der Waals surface area contributed by atoms with E-state index in [1.807, 2.05) is 0 Å². The number of likely N-dealkylation sites (tertiary alicyclic amines) is 1. The number of carbonyl (C=O) groups excluding carboxylic acids is 2. The summed E-state index contributed by atoms with van der Waals surface area (Å²) >= 11 is 0. The van der Waals surface area contributed by atoms with Crippen molar-refractivity contribution in [3.63, 3.8) is 0 Å². The molecule has 2 amide bonds. The monoisotopic (exact) mass is 528 g/mol. The number of ether oxygens (including phenoxy) is 3. The van der Waals surface area contributed by atoms with E-state index < -0.39 is 6.36 Å². The molecule has 1 aliphatic heterocycles. The van der Waals surface area contributed by atoms with Crippen LogP contribution in [0.15, 0.2) is 72.8 Å². The molecule has 7 nitrogen and oxygen atoms in total. The zero-order valence-electron chi connectivity index (χ0n) is 20.7. The van der Waals surface area contributed by atoms with Gasteiger partial charge in [0.05, 0.1) is 6.61 Å². The topological polar surface area (TPSA) is 77.1 Å². The maximum absolute atomic E-state index is 13.1. The van der Waals surface area contributed by atoms with Gasteiger partial charge in [-0.1, -0.05) is 36.4 Å². The number of rotatable bonds is 7. The molecule has 1 fully saturated rings. The largest absolute Gasteiger partial charge is 0.573 e. The summed E-state index contributed by atoms with van der Waals surface area (Å²) in [6.07, 6.45) is -3.85. The molecule has 0 atom stereocenters. The van der Waals surface area contributed by atoms with E-state index in [2.05, 4.69) is 10.1 Å². The normalized spacial score (nSPS) is 14.1. The van der Waals surface area contributed by atoms with Crippen molar-refractivity contribution in [1.29, 1.82) is 0 Å². The highest BCUT2D eigenvalue weighted by Crippen LogP contribution is 2.29. The third-order valence-corrected chi connectivity index (χ3v) is 5.93. The number of nitrogens with zero attached hydrogens (tertiary/aromatic N) is 1. The number of nitrogens with one attached hydrogen (secondary N) is 1. The minimum absolute atomic E-state index is 0.0725. The smallest absolute Gasteiger partial charge is 0.490 e. The minimum Gasteiger partial charge on any atom is -0.490 e. The van der Waals surface area contributed by atoms with E-state index in [0.717, 1.165) is 0 Å². The van der Waals surface area contributed by atoms with Crippen molar-refractivity contribution in [3.8, 4) is 22.6 Å². The Kier molecular flexibility index (Phi) is 8.40. The van der Waals surface area contributed by atoms with E-state index in [1.54, 1.807) is 60.4 Å². The van der Waals surface area contributed by atoms with E-state index in [-0.39, 0.29) is 23.9 Å². The Morgan fingerprint density at radius 3 is 2.34 bits per heavy atom. The zero-order valence-corrected chi connectivity index (χ0v) is 20.7. The van der Waals surface area contributed by atoms with E-state index in [1.165, 1.54) is 24.3 Å². The SMILES string of the molecule is CCOC(=O)N1CCC(Oc2cccc(NC(=O)c3ccccc3-c3ccc(OC(F)(F)F)cc3)c2)CC1. The van der Waals surface area contributed by atoms with Crippen LogP contribution in [0.1, 0.15) is 30.1 Å². The molecular formula is C28H27F3N2O5. The first-order valence-electron chi connectivity index (χ1n) is 12.2. The van der Waals surface area contributed by atoms with Gasteiger partial charge in [-0.05, 0) is 48.4 Å². The van der Waals surface area contributed by atoms with Crippen molar-refractivity contribution in [1.82, 2.24) is 4.90 Å². The third-order valence-electron chi connectivity index (χ3n) is 5.93. The Hall–Kier alpha value is -4.21. The van der Waals surface area contributed by atoms with Crippen molar-refractivity contribution in [2.45, 2.75) is 32.2 Å². The molecule has 0 spiro atoms. The molecule has 0 aromatic heterocycles. The first-order valence-corrected chi connectivity index (χ1v) is 12.2. The fraction of sp³-hybridized carbons (Fsp3) is 0.286. The average Bonchev–Trinajstić information content (AvgIpc) is 2.89. The summed E-state index contributed by atoms with van der Waals surface area (Å²) in [5.74, 6) is -0.131. The van der Waals surface area contributed by atoms with Crippen molar-refractivity contribution in [2.75, 3.05) is 25.0 Å². The molecule has 1 N–H and O–H groups in total. The number of alkyl halides is 3. The van der Waals surface area contributed by atoms with E-state index in [0.29, 0.717) is 60.7 Å². The number of benzene rings is 3. The summed E-state index contributed by atoms with van der Waals surface area (Å²) in [6.45, 7) is 3.19. The van der Waals surface area contributed by atoms with Gasteiger partial charge in [0.15, 0.2) is 0 Å². The predicted molar refractivity (Wildman–Crippen MR) is 135 cm³/mol. The first kappa shape index (κ1) is 26.8. The van der Waals surface area contributed by atoms with Gasteiger partial charge in [0, 0.05) is 43.2 Å². The van der Waals surface area contributed by atoms with Crippen LogP contribution in [0.25, 0.3) is 11.1 Å². The number of halogens is 3. The van der Waals surface area contributed by atoms with Crippen LogP contribution in [0.5, 0.6) is 11.5 Å². The summed E-state index contributed by atoms with van der Waals surface area (Å²) in [6, 6.07) is 19.2. The lowest BCUT2D eigenvalue weighted by molar-refractivity contribution is -0.274. The van der Waals surface area contributed by atoms with Crippen LogP contribution in [0.3, 0.4) is 0 Å². The second-order valence-corrected chi connectivity index (χ2v) is 8.60. The number of hydrogen-bond acceptors (Lipinski definition) is 5. The van der Waals surface area contributed by atoms with E-state index in [4.69, 9.17) is 9.47 Å². The van der Waals surface area contributed by atoms with Crippen LogP contribution in [0, 0.1) is 0 Å². The highest BCUT2D eigenvalue weighted by atomic mass is 19.4. The molecule has 10 heteroatoms. The highest BCUT2D eigenvalue weighted by Gasteiger charge is 2.31. The van der Waals surface area contributed by atoms with Gasteiger partial charge in [0.25, 0.3) is 5.91 Å². The lowest BCUT2D eigenvalue weighted by Crippen LogP contribution is -2.42. The van der Waals surface area contributed by atoms with Gasteiger partial charge in [0.1, 0.15) is 17.6 Å². The molecule has 0 unspecified atom stereocenters. The highest BCUT2D eigenvalue weighted by molar-refractivity contribution is 6.08. The van der Waals surface area contributed by atoms with Gasteiger partial charge in [-0.3, -0.25) is 4.79 Å². The summed E-state index contributed by atoms with van der Waals surface area (Å²) < 4.78 is 52.5. The van der Waals surface area contributed by atoms with Gasteiger partial charge < -0.3 is 24.4 Å². The molecule has 0 radical (unpaired) electrons. The van der Waals surface area contributed by atoms with Gasteiger partial charge in [-0.15, -0.1) is 13.2 Å². The zero-order chi connectivity index (χ0) is 27.1. The summed E-state index contributed by atoms with van der Waals surface area (Å²) in [4.78, 5) is 26.7. The number of carbonyl (C=O) groups is 2. The molecule has 0 bridgehead atoms. The van der Waals surface area contributed by atoms with Crippen LogP contribution in [-0.4, -0.2) is 49.1 Å². The molecule has 1 heterocycles. The Balaban J connectivity index is 1.40. The quantitative estimate of drug-likeness (QED) is 0.379. The number of amides is 2. The minimum atomic E-state index is -4.78. The molecule has 1 aliphatic rings. The van der Waals surface area contributed by atoms with Gasteiger partial charge in [-0.2, -0.15) is 0 Å². The van der Waals surface area contributed by atoms with Crippen LogP contribution in [-0.2, 0) is 4.74 Å². The number of anilines is 1. The molecule has 1 saturated heterocycles. The molecular weight excluding hydrogens is 501 g/mol. The van der Waals surface area contributed by atoms with Crippen molar-refractivity contribution < 1.29 is 37.0 Å². The lowest BCUT2D eigenvalue weighted by atomic mass is 9.99. The van der Waals surface area contributed by atoms with Gasteiger partial charge >= 0.3 is 12.5 Å². The maximum Gasteiger partial charge on any atom is 0.573 e. The average molecular weight is 529 g/mol. The Morgan fingerprint density at radius 1 is 0.947 bits per heavy atom. The molecule has 0 saturated carbocycles. The second kappa shape index (κ2) is 11.9. The van der Waals surface area contributed by atoms with Crippen LogP contribution in [0.4, 0.5) is 23.7 Å². The Bertz CT molecular complexity index is 1260. The Labute approximate surface area is 218 Å². The standard InChI is InChI=1S/C28H27F3N2O5/c1-2-36-27(35)33-16-14-21(15-17-33)37-23-7-5-6-20(18-23)32-26(34)25-9-4-3-8-24(25)19-10-12-22(13-11-19)38-28(29,30)31/h3-13,18,21H,2,14-17H2,1H3,(H,32,34). The molecule has 3 aromatic rings. The third kappa shape index (κ3) is 7.18. The van der Waals surface area contributed by atoms with Crippen molar-refractivity contribution >= 4 is 17.7 Å². The number of hydrogen-bond donors (Lipinski definition) is 1. The van der Waals surface area contributed by atoms with Gasteiger partial charge in [0.2, 0.25) is 0 Å². The molecule has 0 aliphatic carbocycles. The van der Waals surface area contributed by atoms with Gasteiger partial charge in [-0.25, -0.2) is 4.79 Å². The van der Waals surface area contributed by atoms with Crippen LogP contribution >= 0.6 is 0 Å². The molecule has 3 aromatic carbocycles. The maximum atomic E-state index is 13.1. The van der Waals surface area contributed by atoms with E-state index >= 15 is 0 Å². The van der Waals surface area contributed by atoms with E-state index in [9.17, 15) is 22.8 Å². The predicted octanol–water partition coefficient (Wildman–Crippen LogP) is 6.50. The second-order valence-electron chi connectivity index (χ2n) is 8.60.